The van der Waals surface area contributed by atoms with E-state index < -0.39 is 11.9 Å². The fraction of sp³-hybridized carbons (Fsp3) is 0.333. The van der Waals surface area contributed by atoms with Gasteiger partial charge in [-0.25, -0.2) is 9.59 Å². The summed E-state index contributed by atoms with van der Waals surface area (Å²) in [7, 11) is 0. The number of carbonyl (C=O) groups is 2. The summed E-state index contributed by atoms with van der Waals surface area (Å²) in [4.78, 5) is 24.9. The first kappa shape index (κ1) is 9.39. The lowest BCUT2D eigenvalue weighted by Gasteiger charge is -2.17. The third-order valence-electron chi connectivity index (χ3n) is 3.10. The van der Waals surface area contributed by atoms with Crippen LogP contribution in [0.15, 0.2) is 18.2 Å². The molecular formula is C12H11NO3. The van der Waals surface area contributed by atoms with Crippen LogP contribution >= 0.6 is 0 Å². The molecule has 1 aromatic rings. The molecule has 4 heteroatoms. The lowest BCUT2D eigenvalue weighted by molar-refractivity contribution is 0.0444. The van der Waals surface area contributed by atoms with E-state index in [9.17, 15) is 9.59 Å². The van der Waals surface area contributed by atoms with Gasteiger partial charge in [0.15, 0.2) is 0 Å². The average Bonchev–Trinajstić information content (AvgIpc) is 2.88. The van der Waals surface area contributed by atoms with E-state index in [1.807, 2.05) is 6.07 Å². The van der Waals surface area contributed by atoms with Crippen molar-refractivity contribution in [3.63, 3.8) is 0 Å². The molecule has 0 radical (unpaired) electrons. The summed E-state index contributed by atoms with van der Waals surface area (Å²) < 4.78 is 4.55. The van der Waals surface area contributed by atoms with Crippen molar-refractivity contribution in [1.29, 1.82) is 0 Å². The van der Waals surface area contributed by atoms with Gasteiger partial charge in [-0.15, -0.1) is 0 Å². The smallest absolute Gasteiger partial charge is 0.346 e. The topological polar surface area (TPSA) is 46.6 Å². The van der Waals surface area contributed by atoms with Crippen molar-refractivity contribution in [2.45, 2.75) is 12.8 Å². The molecule has 3 rings (SSSR count). The molecule has 0 aromatic heterocycles. The van der Waals surface area contributed by atoms with Crippen molar-refractivity contribution in [1.82, 2.24) is 0 Å². The normalized spacial score (nSPS) is 18.9. The first-order chi connectivity index (χ1) is 7.75. The molecule has 0 saturated carbocycles. The predicted molar refractivity (Wildman–Crippen MR) is 57.6 cm³/mol. The van der Waals surface area contributed by atoms with Gasteiger partial charge in [0.05, 0.1) is 11.1 Å². The van der Waals surface area contributed by atoms with Crippen LogP contribution < -0.4 is 4.90 Å². The average molecular weight is 217 g/mol. The minimum Gasteiger partial charge on any atom is -0.386 e. The first-order valence-corrected chi connectivity index (χ1v) is 5.41. The molecule has 1 fully saturated rings. The Balaban J connectivity index is 2.02. The van der Waals surface area contributed by atoms with Crippen molar-refractivity contribution >= 4 is 17.6 Å². The zero-order chi connectivity index (χ0) is 11.1. The number of anilines is 1. The summed E-state index contributed by atoms with van der Waals surface area (Å²) >= 11 is 0. The van der Waals surface area contributed by atoms with Crippen LogP contribution in [0.4, 0.5) is 5.69 Å². The Morgan fingerprint density at radius 1 is 1.00 bits per heavy atom. The first-order valence-electron chi connectivity index (χ1n) is 5.41. The van der Waals surface area contributed by atoms with Crippen molar-refractivity contribution in [2.75, 3.05) is 18.0 Å². The maximum absolute atomic E-state index is 11.4. The largest absolute Gasteiger partial charge is 0.386 e. The van der Waals surface area contributed by atoms with Gasteiger partial charge in [0.1, 0.15) is 0 Å². The number of benzene rings is 1. The van der Waals surface area contributed by atoms with Crippen LogP contribution in [-0.4, -0.2) is 25.0 Å². The van der Waals surface area contributed by atoms with E-state index >= 15 is 0 Å². The highest BCUT2D eigenvalue weighted by Gasteiger charge is 2.30. The van der Waals surface area contributed by atoms with E-state index in [-0.39, 0.29) is 0 Å². The molecule has 1 aromatic carbocycles. The number of nitrogens with zero attached hydrogens (tertiary/aromatic N) is 1. The molecule has 1 saturated heterocycles. The minimum atomic E-state index is -0.534. The van der Waals surface area contributed by atoms with Crippen molar-refractivity contribution in [2.24, 2.45) is 0 Å². The number of fused-ring (bicyclic) bond motifs is 1. The fourth-order valence-electron chi connectivity index (χ4n) is 2.25. The van der Waals surface area contributed by atoms with Gasteiger partial charge in [-0.05, 0) is 31.0 Å². The molecule has 0 N–H and O–H groups in total. The van der Waals surface area contributed by atoms with Crippen LogP contribution in [0.25, 0.3) is 0 Å². The van der Waals surface area contributed by atoms with Crippen molar-refractivity contribution < 1.29 is 14.3 Å². The summed E-state index contributed by atoms with van der Waals surface area (Å²) in [5, 5.41) is 0. The molecule has 0 spiro atoms. The third-order valence-corrected chi connectivity index (χ3v) is 3.10. The second-order valence-corrected chi connectivity index (χ2v) is 4.10. The summed E-state index contributed by atoms with van der Waals surface area (Å²) in [6, 6.07) is 5.31. The minimum absolute atomic E-state index is 0.382. The molecule has 16 heavy (non-hydrogen) atoms. The third kappa shape index (κ3) is 1.30. The molecule has 0 atom stereocenters. The van der Waals surface area contributed by atoms with Crippen LogP contribution in [0, 0.1) is 0 Å². The Morgan fingerprint density at radius 2 is 1.69 bits per heavy atom. The van der Waals surface area contributed by atoms with E-state index in [1.54, 1.807) is 12.1 Å². The molecule has 82 valence electrons. The number of hydrogen-bond acceptors (Lipinski definition) is 4. The van der Waals surface area contributed by atoms with Gasteiger partial charge in [0.2, 0.25) is 0 Å². The van der Waals surface area contributed by atoms with Crippen LogP contribution in [0.3, 0.4) is 0 Å². The fourth-order valence-corrected chi connectivity index (χ4v) is 2.25. The number of rotatable bonds is 1. The van der Waals surface area contributed by atoms with Crippen LogP contribution in [0.5, 0.6) is 0 Å². The number of cyclic esters (lactones) is 2. The van der Waals surface area contributed by atoms with E-state index in [0.29, 0.717) is 11.1 Å². The molecule has 2 aliphatic heterocycles. The summed E-state index contributed by atoms with van der Waals surface area (Å²) in [5.41, 5.74) is 1.78. The SMILES string of the molecule is O=C1OC(=O)c2cc(N3CCCC3)ccc21. The Morgan fingerprint density at radius 3 is 2.44 bits per heavy atom. The highest BCUT2D eigenvalue weighted by atomic mass is 16.6. The zero-order valence-electron chi connectivity index (χ0n) is 8.73. The molecule has 0 unspecified atom stereocenters. The maximum atomic E-state index is 11.4. The predicted octanol–water partition coefficient (Wildman–Crippen LogP) is 1.60. The second-order valence-electron chi connectivity index (χ2n) is 4.10. The van der Waals surface area contributed by atoms with Gasteiger partial charge in [0.25, 0.3) is 0 Å². The van der Waals surface area contributed by atoms with Gasteiger partial charge in [-0.1, -0.05) is 0 Å². The number of ether oxygens (including phenoxy) is 1. The Kier molecular flexibility index (Phi) is 1.96. The standard InChI is InChI=1S/C12H11NO3/c14-11-9-4-3-8(13-5-1-2-6-13)7-10(9)12(15)16-11/h3-4,7H,1-2,5-6H2. The molecule has 2 heterocycles. The highest BCUT2D eigenvalue weighted by Crippen LogP contribution is 2.27. The molecule has 0 amide bonds. The van der Waals surface area contributed by atoms with Crippen LogP contribution in [0.1, 0.15) is 33.6 Å². The second kappa shape index (κ2) is 3.33. The molecule has 2 aliphatic rings. The van der Waals surface area contributed by atoms with Gasteiger partial charge >= 0.3 is 11.9 Å². The Bertz CT molecular complexity index is 475. The Labute approximate surface area is 92.8 Å². The summed E-state index contributed by atoms with van der Waals surface area (Å²) in [6.45, 7) is 2.03. The lowest BCUT2D eigenvalue weighted by Crippen LogP contribution is -2.17. The molecule has 0 aliphatic carbocycles. The van der Waals surface area contributed by atoms with E-state index in [0.717, 1.165) is 18.8 Å². The van der Waals surface area contributed by atoms with Gasteiger partial charge in [-0.3, -0.25) is 0 Å². The monoisotopic (exact) mass is 217 g/mol. The van der Waals surface area contributed by atoms with Crippen molar-refractivity contribution in [3.05, 3.63) is 29.3 Å². The molecule has 0 bridgehead atoms. The van der Waals surface area contributed by atoms with E-state index in [2.05, 4.69) is 9.64 Å². The Hall–Kier alpha value is -1.84. The highest BCUT2D eigenvalue weighted by molar-refractivity contribution is 6.15. The summed E-state index contributed by atoms with van der Waals surface area (Å²) in [6.07, 6.45) is 2.36. The molecule has 4 nitrogen and oxygen atoms in total. The van der Waals surface area contributed by atoms with Crippen LogP contribution in [-0.2, 0) is 4.74 Å². The number of esters is 2. The van der Waals surface area contributed by atoms with Crippen LogP contribution in [0.2, 0.25) is 0 Å². The van der Waals surface area contributed by atoms with Gasteiger partial charge in [0, 0.05) is 18.8 Å². The van der Waals surface area contributed by atoms with Gasteiger partial charge < -0.3 is 9.64 Å². The quantitative estimate of drug-likeness (QED) is 0.529. The maximum Gasteiger partial charge on any atom is 0.346 e. The molecular weight excluding hydrogens is 206 g/mol. The van der Waals surface area contributed by atoms with E-state index in [1.165, 1.54) is 12.8 Å². The number of hydrogen-bond donors (Lipinski definition) is 0. The van der Waals surface area contributed by atoms with E-state index in [4.69, 9.17) is 0 Å². The summed E-state index contributed by atoms with van der Waals surface area (Å²) in [5.74, 6) is -1.06. The lowest BCUT2D eigenvalue weighted by atomic mass is 10.1. The zero-order valence-corrected chi connectivity index (χ0v) is 8.73. The van der Waals surface area contributed by atoms with Crippen molar-refractivity contribution in [3.8, 4) is 0 Å². The van der Waals surface area contributed by atoms with Gasteiger partial charge in [-0.2, -0.15) is 0 Å². The number of carbonyl (C=O) groups excluding carboxylic acids is 2.